The van der Waals surface area contributed by atoms with E-state index in [0.29, 0.717) is 22.0 Å². The number of fused-ring (bicyclic) bond motifs is 1. The number of hydrogen-bond acceptors (Lipinski definition) is 5. The molecule has 0 bridgehead atoms. The Kier molecular flexibility index (Phi) is 4.26. The molecule has 26 heavy (non-hydrogen) atoms. The first-order valence-electron chi connectivity index (χ1n) is 7.52. The van der Waals surface area contributed by atoms with E-state index in [1.165, 1.54) is 17.0 Å². The topological polar surface area (TPSA) is 68.5 Å². The summed E-state index contributed by atoms with van der Waals surface area (Å²) in [6, 6.07) is 9.18. The standard InChI is InChI=1S/C17H10Cl2FN3O3/c18-10-2-4-13-14(6-10)25-8-16(24)23(13)7-15-21-17(22-26-15)9-1-3-11(19)12(20)5-9/h1-6H,7-8H2. The first-order valence-corrected chi connectivity index (χ1v) is 8.27. The van der Waals surface area contributed by atoms with Crippen LogP contribution in [0.1, 0.15) is 5.89 Å². The molecule has 0 fully saturated rings. The van der Waals surface area contributed by atoms with Gasteiger partial charge in [-0.3, -0.25) is 9.69 Å². The average molecular weight is 394 g/mol. The lowest BCUT2D eigenvalue weighted by Crippen LogP contribution is -2.38. The predicted molar refractivity (Wildman–Crippen MR) is 92.8 cm³/mol. The largest absolute Gasteiger partial charge is 0.482 e. The van der Waals surface area contributed by atoms with Crippen LogP contribution >= 0.6 is 23.2 Å². The van der Waals surface area contributed by atoms with Crippen LogP contribution in [0, 0.1) is 5.82 Å². The molecule has 4 rings (SSSR count). The summed E-state index contributed by atoms with van der Waals surface area (Å²) in [6.07, 6.45) is 0. The Bertz CT molecular complexity index is 1010. The number of halogens is 3. The Morgan fingerprint density at radius 3 is 2.85 bits per heavy atom. The van der Waals surface area contributed by atoms with Crippen molar-refractivity contribution in [2.24, 2.45) is 0 Å². The summed E-state index contributed by atoms with van der Waals surface area (Å²) in [5.74, 6) is 0.0671. The van der Waals surface area contributed by atoms with Crippen LogP contribution in [0.15, 0.2) is 40.9 Å². The number of carbonyl (C=O) groups excluding carboxylic acids is 1. The van der Waals surface area contributed by atoms with E-state index in [4.69, 9.17) is 32.5 Å². The van der Waals surface area contributed by atoms with E-state index < -0.39 is 5.82 Å². The minimum Gasteiger partial charge on any atom is -0.482 e. The number of anilines is 1. The van der Waals surface area contributed by atoms with Gasteiger partial charge in [0.1, 0.15) is 18.1 Å². The van der Waals surface area contributed by atoms with Crippen molar-refractivity contribution in [3.63, 3.8) is 0 Å². The highest BCUT2D eigenvalue weighted by atomic mass is 35.5. The van der Waals surface area contributed by atoms with Gasteiger partial charge in [-0.25, -0.2) is 4.39 Å². The number of nitrogens with zero attached hydrogens (tertiary/aromatic N) is 3. The summed E-state index contributed by atoms with van der Waals surface area (Å²) >= 11 is 11.6. The number of carbonyl (C=O) groups is 1. The van der Waals surface area contributed by atoms with Gasteiger partial charge in [0.2, 0.25) is 11.7 Å². The summed E-state index contributed by atoms with van der Waals surface area (Å²) in [5.41, 5.74) is 0.977. The van der Waals surface area contributed by atoms with Crippen LogP contribution in [0.25, 0.3) is 11.4 Å². The third-order valence-electron chi connectivity index (χ3n) is 3.80. The van der Waals surface area contributed by atoms with Gasteiger partial charge in [-0.15, -0.1) is 0 Å². The SMILES string of the molecule is O=C1COc2cc(Cl)ccc2N1Cc1nc(-c2ccc(Cl)c(F)c2)no1. The molecular formula is C17H10Cl2FN3O3. The van der Waals surface area contributed by atoms with Gasteiger partial charge < -0.3 is 9.26 Å². The molecule has 1 aromatic heterocycles. The van der Waals surface area contributed by atoms with Gasteiger partial charge in [-0.05, 0) is 30.3 Å². The maximum Gasteiger partial charge on any atom is 0.265 e. The maximum atomic E-state index is 13.6. The van der Waals surface area contributed by atoms with Crippen LogP contribution in [-0.2, 0) is 11.3 Å². The van der Waals surface area contributed by atoms with Crippen molar-refractivity contribution >= 4 is 34.8 Å². The van der Waals surface area contributed by atoms with Crippen molar-refractivity contribution in [1.82, 2.24) is 10.1 Å². The Balaban J connectivity index is 1.61. The zero-order chi connectivity index (χ0) is 18.3. The average Bonchev–Trinajstić information content (AvgIpc) is 3.08. The zero-order valence-corrected chi connectivity index (χ0v) is 14.6. The second-order valence-corrected chi connectivity index (χ2v) is 6.36. The van der Waals surface area contributed by atoms with Crippen molar-refractivity contribution in [2.75, 3.05) is 11.5 Å². The number of aromatic nitrogens is 2. The smallest absolute Gasteiger partial charge is 0.265 e. The lowest BCUT2D eigenvalue weighted by molar-refractivity contribution is -0.121. The fourth-order valence-corrected chi connectivity index (χ4v) is 2.84. The molecule has 0 unspecified atom stereocenters. The van der Waals surface area contributed by atoms with E-state index in [9.17, 15) is 9.18 Å². The van der Waals surface area contributed by atoms with E-state index in [-0.39, 0.29) is 35.8 Å². The quantitative estimate of drug-likeness (QED) is 0.669. The van der Waals surface area contributed by atoms with Crippen LogP contribution in [0.3, 0.4) is 0 Å². The number of rotatable bonds is 3. The molecule has 0 spiro atoms. The maximum absolute atomic E-state index is 13.6. The van der Waals surface area contributed by atoms with Gasteiger partial charge in [0.05, 0.1) is 10.7 Å². The molecule has 0 radical (unpaired) electrons. The molecule has 132 valence electrons. The van der Waals surface area contributed by atoms with Crippen LogP contribution in [0.4, 0.5) is 10.1 Å². The van der Waals surface area contributed by atoms with Crippen molar-refractivity contribution in [3.8, 4) is 17.1 Å². The van der Waals surface area contributed by atoms with E-state index >= 15 is 0 Å². The zero-order valence-electron chi connectivity index (χ0n) is 13.1. The summed E-state index contributed by atoms with van der Waals surface area (Å²) in [6.45, 7) is -0.0589. The van der Waals surface area contributed by atoms with Crippen molar-refractivity contribution in [2.45, 2.75) is 6.54 Å². The number of amides is 1. The molecule has 1 amide bonds. The monoisotopic (exact) mass is 393 g/mol. The Labute approximate surface area is 157 Å². The van der Waals surface area contributed by atoms with Crippen molar-refractivity contribution in [3.05, 3.63) is 58.2 Å². The predicted octanol–water partition coefficient (Wildman–Crippen LogP) is 4.11. The van der Waals surface area contributed by atoms with Crippen LogP contribution in [-0.4, -0.2) is 22.7 Å². The Morgan fingerprint density at radius 1 is 1.19 bits per heavy atom. The van der Waals surface area contributed by atoms with Crippen LogP contribution in [0.5, 0.6) is 5.75 Å². The lowest BCUT2D eigenvalue weighted by Gasteiger charge is -2.28. The Hall–Kier alpha value is -2.64. The summed E-state index contributed by atoms with van der Waals surface area (Å²) in [5, 5.41) is 4.34. The highest BCUT2D eigenvalue weighted by Crippen LogP contribution is 2.35. The highest BCUT2D eigenvalue weighted by Gasteiger charge is 2.27. The lowest BCUT2D eigenvalue weighted by atomic mass is 10.2. The second-order valence-electron chi connectivity index (χ2n) is 5.52. The number of ether oxygens (including phenoxy) is 1. The number of benzene rings is 2. The first kappa shape index (κ1) is 16.8. The summed E-state index contributed by atoms with van der Waals surface area (Å²) < 4.78 is 24.2. The van der Waals surface area contributed by atoms with Gasteiger partial charge in [0.25, 0.3) is 5.91 Å². The Morgan fingerprint density at radius 2 is 2.04 bits per heavy atom. The fraction of sp³-hybridized carbons (Fsp3) is 0.118. The summed E-state index contributed by atoms with van der Waals surface area (Å²) in [4.78, 5) is 17.9. The molecule has 2 aromatic carbocycles. The molecule has 0 saturated carbocycles. The van der Waals surface area contributed by atoms with Crippen LogP contribution in [0.2, 0.25) is 10.0 Å². The molecular weight excluding hydrogens is 384 g/mol. The van der Waals surface area contributed by atoms with E-state index in [2.05, 4.69) is 10.1 Å². The van der Waals surface area contributed by atoms with Gasteiger partial charge in [0, 0.05) is 16.7 Å². The molecule has 2 heterocycles. The van der Waals surface area contributed by atoms with Gasteiger partial charge in [0.15, 0.2) is 6.61 Å². The van der Waals surface area contributed by atoms with Crippen LogP contribution < -0.4 is 9.64 Å². The molecule has 0 N–H and O–H groups in total. The molecule has 0 atom stereocenters. The summed E-state index contributed by atoms with van der Waals surface area (Å²) in [7, 11) is 0. The molecule has 1 aliphatic rings. The fourth-order valence-electron chi connectivity index (χ4n) is 2.56. The first-order chi connectivity index (χ1) is 12.5. The third kappa shape index (κ3) is 3.11. The minimum absolute atomic E-state index is 0.00616. The molecule has 0 aliphatic carbocycles. The molecule has 3 aromatic rings. The minimum atomic E-state index is -0.579. The second kappa shape index (κ2) is 6.59. The van der Waals surface area contributed by atoms with Crippen molar-refractivity contribution in [1.29, 1.82) is 0 Å². The van der Waals surface area contributed by atoms with Crippen molar-refractivity contribution < 1.29 is 18.4 Å². The molecule has 9 heteroatoms. The van der Waals surface area contributed by atoms with E-state index in [1.807, 2.05) is 0 Å². The molecule has 6 nitrogen and oxygen atoms in total. The van der Waals surface area contributed by atoms with Gasteiger partial charge >= 0.3 is 0 Å². The number of hydrogen-bond donors (Lipinski definition) is 0. The highest BCUT2D eigenvalue weighted by molar-refractivity contribution is 6.31. The molecule has 1 aliphatic heterocycles. The normalized spacial score (nSPS) is 13.5. The van der Waals surface area contributed by atoms with Gasteiger partial charge in [-0.1, -0.05) is 28.4 Å². The third-order valence-corrected chi connectivity index (χ3v) is 4.35. The van der Waals surface area contributed by atoms with E-state index in [1.54, 1.807) is 24.3 Å². The van der Waals surface area contributed by atoms with E-state index in [0.717, 1.165) is 0 Å². The molecule has 0 saturated heterocycles. The van der Waals surface area contributed by atoms with Gasteiger partial charge in [-0.2, -0.15) is 4.98 Å².